The molecule has 6 heterocycles. The number of piperazine rings is 1. The number of aromatic nitrogens is 3. The van der Waals surface area contributed by atoms with Crippen LogP contribution in [0.2, 0.25) is 0 Å². The summed E-state index contributed by atoms with van der Waals surface area (Å²) in [6.45, 7) is 4.05. The Hall–Kier alpha value is -4.18. The van der Waals surface area contributed by atoms with E-state index in [2.05, 4.69) is 26.1 Å². The third-order valence-corrected chi connectivity index (χ3v) is 10.8. The van der Waals surface area contributed by atoms with E-state index in [0.717, 1.165) is 32.2 Å². The molecular weight excluding hydrogens is 609 g/mol. The average Bonchev–Trinajstić information content (AvgIpc) is 3.69. The number of hydrogen-bond acceptors (Lipinski definition) is 9. The molecule has 9 nitrogen and oxygen atoms in total. The number of nitrogens with one attached hydrogen (secondary N) is 1. The van der Waals surface area contributed by atoms with E-state index in [9.17, 15) is 19.0 Å². The summed E-state index contributed by atoms with van der Waals surface area (Å²) < 4.78 is 52.5. The molecular formula is C35H35F3N6O3. The molecule has 0 radical (unpaired) electrons. The van der Waals surface area contributed by atoms with E-state index in [1.54, 1.807) is 6.92 Å². The van der Waals surface area contributed by atoms with Gasteiger partial charge in [-0.3, -0.25) is 9.88 Å². The van der Waals surface area contributed by atoms with Crippen LogP contribution in [0.1, 0.15) is 44.6 Å². The summed E-state index contributed by atoms with van der Waals surface area (Å²) >= 11 is 0. The second kappa shape index (κ2) is 10.9. The summed E-state index contributed by atoms with van der Waals surface area (Å²) in [7, 11) is 0. The lowest BCUT2D eigenvalue weighted by Crippen LogP contribution is -2.64. The lowest BCUT2D eigenvalue weighted by Gasteiger charge is -2.43. The number of anilines is 1. The molecule has 4 aliphatic heterocycles. The van der Waals surface area contributed by atoms with Gasteiger partial charge in [-0.05, 0) is 62.7 Å². The third-order valence-electron chi connectivity index (χ3n) is 10.8. The van der Waals surface area contributed by atoms with Crippen LogP contribution in [0.25, 0.3) is 32.9 Å². The van der Waals surface area contributed by atoms with Crippen molar-refractivity contribution in [2.45, 2.75) is 68.4 Å². The summed E-state index contributed by atoms with van der Waals surface area (Å²) in [5, 5.41) is 25.9. The summed E-state index contributed by atoms with van der Waals surface area (Å²) in [4.78, 5) is 18.0. The van der Waals surface area contributed by atoms with Crippen LogP contribution in [0.15, 0.2) is 30.5 Å². The van der Waals surface area contributed by atoms with Gasteiger partial charge < -0.3 is 25.2 Å². The maximum Gasteiger partial charge on any atom is 0.319 e. The number of aliphatic hydroxyl groups is 1. The second-order valence-electron chi connectivity index (χ2n) is 13.6. The van der Waals surface area contributed by atoms with Crippen LogP contribution in [0.3, 0.4) is 0 Å². The zero-order valence-electron chi connectivity index (χ0n) is 25.9. The van der Waals surface area contributed by atoms with Gasteiger partial charge in [-0.1, -0.05) is 12.0 Å². The minimum atomic E-state index is -0.944. The van der Waals surface area contributed by atoms with Crippen molar-refractivity contribution in [2.75, 3.05) is 37.7 Å². The molecule has 12 heteroatoms. The number of phenols is 1. The summed E-state index contributed by atoms with van der Waals surface area (Å²) in [6.07, 6.45) is 9.28. The fourth-order valence-electron chi connectivity index (χ4n) is 8.45. The second-order valence-corrected chi connectivity index (χ2v) is 13.6. The summed E-state index contributed by atoms with van der Waals surface area (Å²) in [6, 6.07) is 5.44. The molecule has 2 aromatic carbocycles. The fraction of sp³-hybridized carbons (Fsp3) is 0.457. The van der Waals surface area contributed by atoms with E-state index in [4.69, 9.17) is 16.1 Å². The Balaban J connectivity index is 1.28. The van der Waals surface area contributed by atoms with Gasteiger partial charge in [0.15, 0.2) is 5.82 Å². The van der Waals surface area contributed by atoms with Crippen LogP contribution in [-0.2, 0) is 0 Å². The Labute approximate surface area is 269 Å². The van der Waals surface area contributed by atoms with Gasteiger partial charge in [0.25, 0.3) is 0 Å². The number of terminal acetylenes is 1. The Morgan fingerprint density at radius 3 is 2.87 bits per heavy atom. The van der Waals surface area contributed by atoms with Crippen LogP contribution < -0.4 is 15.0 Å². The number of hydrogen-bond donors (Lipinski definition) is 3. The van der Waals surface area contributed by atoms with Gasteiger partial charge in [0.05, 0.1) is 28.1 Å². The highest BCUT2D eigenvalue weighted by Gasteiger charge is 2.50. The topological polar surface area (TPSA) is 107 Å². The number of pyridine rings is 1. The van der Waals surface area contributed by atoms with E-state index < -0.39 is 35.0 Å². The number of aromatic hydroxyl groups is 1. The van der Waals surface area contributed by atoms with Gasteiger partial charge in [0.1, 0.15) is 41.4 Å². The zero-order valence-corrected chi connectivity index (χ0v) is 25.9. The van der Waals surface area contributed by atoms with E-state index in [1.165, 1.54) is 30.5 Å². The first kappa shape index (κ1) is 30.2. The lowest BCUT2D eigenvalue weighted by molar-refractivity contribution is 0.0804. The van der Waals surface area contributed by atoms with E-state index in [-0.39, 0.29) is 52.1 Å². The Morgan fingerprint density at radius 1 is 1.21 bits per heavy atom. The molecule has 0 spiro atoms. The highest BCUT2D eigenvalue weighted by molar-refractivity contribution is 6.03. The van der Waals surface area contributed by atoms with Gasteiger partial charge in [-0.2, -0.15) is 9.97 Å². The first-order valence-electron chi connectivity index (χ1n) is 16.1. The van der Waals surface area contributed by atoms with Crippen molar-refractivity contribution in [2.24, 2.45) is 0 Å². The van der Waals surface area contributed by atoms with Crippen molar-refractivity contribution < 1.29 is 28.1 Å². The monoisotopic (exact) mass is 644 g/mol. The number of rotatable bonds is 6. The lowest BCUT2D eigenvalue weighted by atomic mass is 9.90. The van der Waals surface area contributed by atoms with Crippen LogP contribution in [0.4, 0.5) is 19.0 Å². The molecule has 4 saturated heterocycles. The Morgan fingerprint density at radius 2 is 2.06 bits per heavy atom. The highest BCUT2D eigenvalue weighted by atomic mass is 19.1. The van der Waals surface area contributed by atoms with Crippen molar-refractivity contribution in [3.63, 3.8) is 0 Å². The minimum absolute atomic E-state index is 0.0554. The number of alkyl halides is 1. The average molecular weight is 645 g/mol. The predicted octanol–water partition coefficient (Wildman–Crippen LogP) is 4.46. The van der Waals surface area contributed by atoms with E-state index in [1.807, 2.05) is 4.90 Å². The molecule has 0 amide bonds. The molecule has 0 saturated carbocycles. The van der Waals surface area contributed by atoms with E-state index >= 15 is 4.39 Å². The molecule has 4 fully saturated rings. The van der Waals surface area contributed by atoms with Crippen LogP contribution in [0, 0.1) is 24.0 Å². The van der Waals surface area contributed by atoms with E-state index in [0.29, 0.717) is 42.6 Å². The first-order valence-corrected chi connectivity index (χ1v) is 16.1. The quantitative estimate of drug-likeness (QED) is 0.263. The highest BCUT2D eigenvalue weighted by Crippen LogP contribution is 2.43. The normalized spacial score (nSPS) is 27.8. The smallest absolute Gasteiger partial charge is 0.319 e. The van der Waals surface area contributed by atoms with Gasteiger partial charge in [0.2, 0.25) is 0 Å². The van der Waals surface area contributed by atoms with Gasteiger partial charge in [-0.15, -0.1) is 6.42 Å². The molecule has 0 aliphatic carbocycles. The number of halogens is 3. The molecule has 244 valence electrons. The largest absolute Gasteiger partial charge is 0.508 e. The maximum atomic E-state index is 16.9. The Bertz CT molecular complexity index is 1970. The molecule has 8 rings (SSSR count). The molecule has 5 atom stereocenters. The van der Waals surface area contributed by atoms with Crippen LogP contribution >= 0.6 is 0 Å². The molecule has 4 aromatic rings. The maximum absolute atomic E-state index is 16.9. The van der Waals surface area contributed by atoms with Crippen molar-refractivity contribution >= 4 is 27.5 Å². The number of benzene rings is 2. The number of phenolic OH excluding ortho intramolecular Hbond substituents is 1. The fourth-order valence-corrected chi connectivity index (χ4v) is 8.45. The van der Waals surface area contributed by atoms with Gasteiger partial charge in [-0.25, -0.2) is 13.2 Å². The Kier molecular flexibility index (Phi) is 7.02. The number of aliphatic hydroxyl groups excluding tert-OH is 1. The van der Waals surface area contributed by atoms with Crippen LogP contribution in [-0.4, -0.2) is 92.2 Å². The van der Waals surface area contributed by atoms with Crippen molar-refractivity contribution in [1.29, 1.82) is 0 Å². The predicted molar refractivity (Wildman–Crippen MR) is 171 cm³/mol. The number of ether oxygens (including phenoxy) is 1. The third kappa shape index (κ3) is 4.78. The molecule has 3 unspecified atom stereocenters. The summed E-state index contributed by atoms with van der Waals surface area (Å²) in [5.41, 5.74) is -1.24. The van der Waals surface area contributed by atoms with Crippen molar-refractivity contribution in [1.82, 2.24) is 25.2 Å². The standard InChI is InChI=1S/C35H35F3N6O3/c1-3-24-27(37)6-5-20-11-23(46)12-25(28(20)24)30-29(38)31-26(14-39-30)32(43-16-22-7-9-35(17-43,42-22)19(2)45)41-33(40-31)47-18-34-8-4-10-44(34)15-21(36)13-34/h1,5-6,11-12,14,19,21-22,42,45-46H,4,7-10,13,15-18H2,2H3/t19?,21-,22?,34+,35?/m1/s1. The zero-order chi connectivity index (χ0) is 32.7. The van der Waals surface area contributed by atoms with Crippen molar-refractivity contribution in [3.8, 4) is 35.4 Å². The SMILES string of the molecule is C#Cc1c(F)ccc2cc(O)cc(-c3ncc4c(N5CC6CCC(C(C)O)(C5)N6)nc(OC[C@@]56CCCN5C[C@H](F)C6)nc4c3F)c12. The molecule has 2 bridgehead atoms. The molecule has 47 heavy (non-hydrogen) atoms. The minimum Gasteiger partial charge on any atom is -0.508 e. The summed E-state index contributed by atoms with van der Waals surface area (Å²) in [5.74, 6) is 1.13. The molecule has 2 aromatic heterocycles. The molecule has 3 N–H and O–H groups in total. The van der Waals surface area contributed by atoms with Crippen molar-refractivity contribution in [3.05, 3.63) is 47.7 Å². The number of fused-ring (bicyclic) bond motifs is 5. The first-order chi connectivity index (χ1) is 22.6. The molecule has 4 aliphatic rings. The van der Waals surface area contributed by atoms with Gasteiger partial charge in [0, 0.05) is 49.2 Å². The number of nitrogens with zero attached hydrogens (tertiary/aromatic N) is 5. The van der Waals surface area contributed by atoms with Crippen LogP contribution in [0.5, 0.6) is 11.8 Å². The van der Waals surface area contributed by atoms with Gasteiger partial charge >= 0.3 is 6.01 Å².